The summed E-state index contributed by atoms with van der Waals surface area (Å²) in [5.41, 5.74) is 0.803. The molecule has 2 aromatic carbocycles. The number of rotatable bonds is 8. The largest absolute Gasteiger partial charge is 0.441 e. The lowest BCUT2D eigenvalue weighted by Crippen LogP contribution is -2.27. The van der Waals surface area contributed by atoms with Crippen molar-refractivity contribution in [2.45, 2.75) is 24.3 Å². The predicted octanol–water partition coefficient (Wildman–Crippen LogP) is 2.98. The molecule has 0 radical (unpaired) electrons. The molecule has 0 aliphatic rings. The molecule has 0 aliphatic carbocycles. The van der Waals surface area contributed by atoms with Crippen molar-refractivity contribution in [3.05, 3.63) is 72.0 Å². The summed E-state index contributed by atoms with van der Waals surface area (Å²) in [6.07, 6.45) is 1.76. The molecule has 0 bridgehead atoms. The van der Waals surface area contributed by atoms with Crippen LogP contribution in [0.2, 0.25) is 0 Å². The molecular weight excluding hydrogens is 409 g/mol. The van der Waals surface area contributed by atoms with Gasteiger partial charge in [0.15, 0.2) is 11.7 Å². The molecule has 1 heterocycles. The maximum atomic E-state index is 13.8. The Bertz CT molecular complexity index is 1140. The number of amides is 1. The number of sulfonamides is 1. The Hall–Kier alpha value is -3.04. The van der Waals surface area contributed by atoms with Gasteiger partial charge in [0, 0.05) is 33.5 Å². The summed E-state index contributed by atoms with van der Waals surface area (Å²) < 4.78 is 45.3. The SMILES string of the molecule is CN(C)S(=O)(=O)c1ccccc1CNC(=O)CCc1ncc(-c2ccccc2F)o1. The fourth-order valence-electron chi connectivity index (χ4n) is 2.81. The summed E-state index contributed by atoms with van der Waals surface area (Å²) in [5, 5.41) is 2.72. The molecule has 7 nitrogen and oxygen atoms in total. The molecule has 0 unspecified atom stereocenters. The summed E-state index contributed by atoms with van der Waals surface area (Å²) >= 11 is 0. The molecule has 30 heavy (non-hydrogen) atoms. The van der Waals surface area contributed by atoms with Crippen molar-refractivity contribution in [2.24, 2.45) is 0 Å². The van der Waals surface area contributed by atoms with Gasteiger partial charge in [0.25, 0.3) is 0 Å². The number of carbonyl (C=O) groups excluding carboxylic acids is 1. The minimum Gasteiger partial charge on any atom is -0.441 e. The zero-order valence-corrected chi connectivity index (χ0v) is 17.4. The van der Waals surface area contributed by atoms with Crippen LogP contribution in [0.5, 0.6) is 0 Å². The number of hydrogen-bond donors (Lipinski definition) is 1. The van der Waals surface area contributed by atoms with Crippen molar-refractivity contribution in [1.29, 1.82) is 0 Å². The number of nitrogens with one attached hydrogen (secondary N) is 1. The third-order valence-corrected chi connectivity index (χ3v) is 6.38. The monoisotopic (exact) mass is 431 g/mol. The Labute approximate surface area is 174 Å². The molecule has 1 aromatic heterocycles. The van der Waals surface area contributed by atoms with Crippen molar-refractivity contribution < 1.29 is 22.0 Å². The van der Waals surface area contributed by atoms with Gasteiger partial charge in [-0.2, -0.15) is 0 Å². The number of aryl methyl sites for hydroxylation is 1. The van der Waals surface area contributed by atoms with Crippen molar-refractivity contribution in [3.63, 3.8) is 0 Å². The number of carbonyl (C=O) groups is 1. The maximum Gasteiger partial charge on any atom is 0.242 e. The van der Waals surface area contributed by atoms with Crippen LogP contribution < -0.4 is 5.32 Å². The van der Waals surface area contributed by atoms with Crippen LogP contribution in [0.1, 0.15) is 17.9 Å². The van der Waals surface area contributed by atoms with E-state index < -0.39 is 15.8 Å². The van der Waals surface area contributed by atoms with Gasteiger partial charge in [-0.3, -0.25) is 4.79 Å². The molecule has 3 aromatic rings. The van der Waals surface area contributed by atoms with Gasteiger partial charge in [0.05, 0.1) is 16.7 Å². The van der Waals surface area contributed by atoms with Crippen molar-refractivity contribution in [2.75, 3.05) is 14.1 Å². The van der Waals surface area contributed by atoms with Gasteiger partial charge in [0.1, 0.15) is 5.82 Å². The average molecular weight is 431 g/mol. The van der Waals surface area contributed by atoms with E-state index in [9.17, 15) is 17.6 Å². The van der Waals surface area contributed by atoms with E-state index in [2.05, 4.69) is 10.3 Å². The van der Waals surface area contributed by atoms with Crippen LogP contribution in [-0.2, 0) is 27.8 Å². The van der Waals surface area contributed by atoms with Crippen LogP contribution in [0, 0.1) is 5.82 Å². The first-order chi connectivity index (χ1) is 14.3. The molecule has 1 N–H and O–H groups in total. The van der Waals surface area contributed by atoms with Gasteiger partial charge in [-0.05, 0) is 23.8 Å². The molecule has 0 saturated heterocycles. The topological polar surface area (TPSA) is 92.5 Å². The van der Waals surface area contributed by atoms with Crippen LogP contribution in [0.4, 0.5) is 4.39 Å². The van der Waals surface area contributed by atoms with Crippen molar-refractivity contribution in [3.8, 4) is 11.3 Å². The quantitative estimate of drug-likeness (QED) is 0.592. The lowest BCUT2D eigenvalue weighted by molar-refractivity contribution is -0.121. The molecule has 0 atom stereocenters. The average Bonchev–Trinajstić information content (AvgIpc) is 3.20. The lowest BCUT2D eigenvalue weighted by atomic mass is 10.2. The second-order valence-electron chi connectivity index (χ2n) is 6.77. The first-order valence-electron chi connectivity index (χ1n) is 9.26. The normalized spacial score (nSPS) is 11.6. The Balaban J connectivity index is 1.59. The highest BCUT2D eigenvalue weighted by molar-refractivity contribution is 7.89. The number of aromatic nitrogens is 1. The fraction of sp³-hybridized carbons (Fsp3) is 0.238. The molecule has 0 fully saturated rings. The summed E-state index contributed by atoms with van der Waals surface area (Å²) in [5.74, 6) is -0.0766. The van der Waals surface area contributed by atoms with Gasteiger partial charge < -0.3 is 9.73 Å². The van der Waals surface area contributed by atoms with E-state index in [-0.39, 0.29) is 30.2 Å². The molecule has 0 spiro atoms. The first-order valence-corrected chi connectivity index (χ1v) is 10.7. The number of hydrogen-bond acceptors (Lipinski definition) is 5. The number of nitrogens with zero attached hydrogens (tertiary/aromatic N) is 2. The zero-order valence-electron chi connectivity index (χ0n) is 16.6. The Morgan fingerprint density at radius 2 is 1.83 bits per heavy atom. The van der Waals surface area contributed by atoms with Gasteiger partial charge in [0.2, 0.25) is 15.9 Å². The van der Waals surface area contributed by atoms with E-state index in [1.807, 2.05) is 0 Å². The van der Waals surface area contributed by atoms with Crippen LogP contribution in [0.15, 0.2) is 64.0 Å². The second kappa shape index (κ2) is 9.19. The lowest BCUT2D eigenvalue weighted by Gasteiger charge is -2.15. The molecule has 9 heteroatoms. The van der Waals surface area contributed by atoms with E-state index in [4.69, 9.17) is 4.42 Å². The second-order valence-corrected chi connectivity index (χ2v) is 8.89. The Kier molecular flexibility index (Phi) is 6.63. The highest BCUT2D eigenvalue weighted by Crippen LogP contribution is 2.23. The number of benzene rings is 2. The van der Waals surface area contributed by atoms with Gasteiger partial charge in [-0.1, -0.05) is 30.3 Å². The van der Waals surface area contributed by atoms with Gasteiger partial charge >= 0.3 is 0 Å². The predicted molar refractivity (Wildman–Crippen MR) is 109 cm³/mol. The highest BCUT2D eigenvalue weighted by Gasteiger charge is 2.21. The Morgan fingerprint density at radius 3 is 2.57 bits per heavy atom. The van der Waals surface area contributed by atoms with E-state index in [0.717, 1.165) is 4.31 Å². The van der Waals surface area contributed by atoms with Gasteiger partial charge in [-0.25, -0.2) is 22.1 Å². The Morgan fingerprint density at radius 1 is 1.13 bits per heavy atom. The molecule has 0 aliphatic heterocycles. The van der Waals surface area contributed by atoms with Crippen LogP contribution in [0.25, 0.3) is 11.3 Å². The molecule has 3 rings (SSSR count). The third kappa shape index (κ3) is 4.92. The van der Waals surface area contributed by atoms with E-state index in [0.29, 0.717) is 22.8 Å². The van der Waals surface area contributed by atoms with Crippen LogP contribution in [0.3, 0.4) is 0 Å². The molecular formula is C21H22FN3O4S. The minimum atomic E-state index is -3.61. The van der Waals surface area contributed by atoms with Crippen LogP contribution in [-0.4, -0.2) is 37.7 Å². The molecule has 0 saturated carbocycles. The summed E-state index contributed by atoms with van der Waals surface area (Å²) in [7, 11) is -0.701. The summed E-state index contributed by atoms with van der Waals surface area (Å²) in [6, 6.07) is 12.7. The molecule has 158 valence electrons. The molecule has 1 amide bonds. The van der Waals surface area contributed by atoms with E-state index in [1.165, 1.54) is 32.4 Å². The van der Waals surface area contributed by atoms with E-state index >= 15 is 0 Å². The number of oxazole rings is 1. The van der Waals surface area contributed by atoms with Gasteiger partial charge in [-0.15, -0.1) is 0 Å². The summed E-state index contributed by atoms with van der Waals surface area (Å²) in [6.45, 7) is 0.0775. The van der Waals surface area contributed by atoms with Crippen LogP contribution >= 0.6 is 0 Å². The fourth-order valence-corrected chi connectivity index (χ4v) is 3.93. The van der Waals surface area contributed by atoms with E-state index in [1.54, 1.807) is 36.4 Å². The highest BCUT2D eigenvalue weighted by atomic mass is 32.2. The zero-order chi connectivity index (χ0) is 21.7. The minimum absolute atomic E-state index is 0.0775. The van der Waals surface area contributed by atoms with Crippen molar-refractivity contribution >= 4 is 15.9 Å². The standard InChI is InChI=1S/C21H22FN3O4S/c1-25(2)30(27,28)19-10-6-3-7-15(19)13-23-20(26)11-12-21-24-14-18(29-21)16-8-4-5-9-17(16)22/h3-10,14H,11-13H2,1-2H3,(H,23,26). The third-order valence-electron chi connectivity index (χ3n) is 4.47. The first kappa shape index (κ1) is 21.7. The summed E-state index contributed by atoms with van der Waals surface area (Å²) in [4.78, 5) is 16.5. The van der Waals surface area contributed by atoms with Crippen molar-refractivity contribution in [1.82, 2.24) is 14.6 Å². The maximum absolute atomic E-state index is 13.8. The smallest absolute Gasteiger partial charge is 0.242 e. The number of halogens is 1.